The van der Waals surface area contributed by atoms with Crippen LogP contribution in [0.5, 0.6) is 5.75 Å². The Kier molecular flexibility index (Phi) is 7.27. The van der Waals surface area contributed by atoms with Crippen molar-refractivity contribution >= 4 is 17.5 Å². The highest BCUT2D eigenvalue weighted by atomic mass is 16.6. The fourth-order valence-corrected chi connectivity index (χ4v) is 4.63. The van der Waals surface area contributed by atoms with Gasteiger partial charge in [0.2, 0.25) is 11.8 Å². The molecule has 1 saturated heterocycles. The van der Waals surface area contributed by atoms with E-state index in [9.17, 15) is 14.7 Å². The van der Waals surface area contributed by atoms with Gasteiger partial charge in [-0.2, -0.15) is 0 Å². The topological polar surface area (TPSA) is 106 Å². The average molecular weight is 455 g/mol. The summed E-state index contributed by atoms with van der Waals surface area (Å²) in [5, 5.41) is 15.8. The zero-order valence-electron chi connectivity index (χ0n) is 18.8. The van der Waals surface area contributed by atoms with Gasteiger partial charge in [0.05, 0.1) is 25.2 Å². The lowest BCUT2D eigenvalue weighted by atomic mass is 9.84. The number of aliphatic hydroxyl groups excluding tert-OH is 1. The predicted octanol–water partition coefficient (Wildman–Crippen LogP) is 2.53. The molecule has 176 valence electrons. The second-order valence-corrected chi connectivity index (χ2v) is 8.54. The SMILES string of the molecule is COCC(=O)Nc1ccc2c(c1)[C@@H]1C[C@H](CC(=O)N[C@@H](C)c3ccccc3)O[C@@H](CO)[C@@H]1O2. The minimum absolute atomic E-state index is 0.0291. The Morgan fingerprint density at radius 1 is 1.18 bits per heavy atom. The molecule has 2 heterocycles. The normalized spacial score (nSPS) is 24.2. The van der Waals surface area contributed by atoms with Gasteiger partial charge in [0.15, 0.2) is 0 Å². The van der Waals surface area contributed by atoms with E-state index in [0.29, 0.717) is 17.9 Å². The van der Waals surface area contributed by atoms with Gasteiger partial charge >= 0.3 is 0 Å². The summed E-state index contributed by atoms with van der Waals surface area (Å²) in [5.74, 6) is 0.315. The standard InChI is InChI=1S/C25H30N2O6/c1-15(16-6-4-3-5-7-16)26-23(29)12-18-11-20-19-10-17(27-24(30)14-31-2)8-9-21(19)33-25(20)22(13-28)32-18/h3-10,15,18,20,22,25,28H,11-14H2,1-2H3,(H,26,29)(H,27,30)/t15-,18+,20-,22-,25+/m0/s1. The number of amides is 2. The number of hydrogen-bond acceptors (Lipinski definition) is 6. The van der Waals surface area contributed by atoms with Crippen LogP contribution in [0.15, 0.2) is 48.5 Å². The van der Waals surface area contributed by atoms with Crippen molar-refractivity contribution in [2.45, 2.75) is 50.0 Å². The van der Waals surface area contributed by atoms with Crippen LogP contribution in [0.25, 0.3) is 0 Å². The van der Waals surface area contributed by atoms with Gasteiger partial charge in [0.1, 0.15) is 24.6 Å². The zero-order valence-corrected chi connectivity index (χ0v) is 18.8. The molecule has 0 aromatic heterocycles. The second-order valence-electron chi connectivity index (χ2n) is 8.54. The highest BCUT2D eigenvalue weighted by Crippen LogP contribution is 2.47. The molecule has 0 aliphatic carbocycles. The van der Waals surface area contributed by atoms with Gasteiger partial charge < -0.3 is 30.0 Å². The van der Waals surface area contributed by atoms with E-state index in [-0.39, 0.29) is 55.6 Å². The molecule has 2 amide bonds. The largest absolute Gasteiger partial charge is 0.487 e. The summed E-state index contributed by atoms with van der Waals surface area (Å²) in [4.78, 5) is 24.6. The van der Waals surface area contributed by atoms with Crippen LogP contribution in [-0.2, 0) is 19.1 Å². The summed E-state index contributed by atoms with van der Waals surface area (Å²) >= 11 is 0. The number of carbonyl (C=O) groups excluding carboxylic acids is 2. The predicted molar refractivity (Wildman–Crippen MR) is 122 cm³/mol. The van der Waals surface area contributed by atoms with Gasteiger partial charge in [-0.15, -0.1) is 0 Å². The van der Waals surface area contributed by atoms with Crippen LogP contribution in [0.3, 0.4) is 0 Å². The molecular weight excluding hydrogens is 424 g/mol. The van der Waals surface area contributed by atoms with Crippen molar-refractivity contribution in [3.05, 3.63) is 59.7 Å². The molecular formula is C25H30N2O6. The van der Waals surface area contributed by atoms with Gasteiger partial charge in [0.25, 0.3) is 0 Å². The lowest BCUT2D eigenvalue weighted by Crippen LogP contribution is -2.47. The lowest BCUT2D eigenvalue weighted by molar-refractivity contribution is -0.142. The Morgan fingerprint density at radius 3 is 2.70 bits per heavy atom. The fraction of sp³-hybridized carbons (Fsp3) is 0.440. The molecule has 0 unspecified atom stereocenters. The average Bonchev–Trinajstić information content (AvgIpc) is 3.17. The van der Waals surface area contributed by atoms with Gasteiger partial charge in [-0.3, -0.25) is 9.59 Å². The summed E-state index contributed by atoms with van der Waals surface area (Å²) in [5.41, 5.74) is 2.63. The third kappa shape index (κ3) is 5.35. The van der Waals surface area contributed by atoms with E-state index < -0.39 is 6.10 Å². The third-order valence-electron chi connectivity index (χ3n) is 6.15. The van der Waals surface area contributed by atoms with E-state index in [4.69, 9.17) is 14.2 Å². The molecule has 1 fully saturated rings. The molecule has 0 saturated carbocycles. The number of methoxy groups -OCH3 is 1. The minimum Gasteiger partial charge on any atom is -0.487 e. The summed E-state index contributed by atoms with van der Waals surface area (Å²) in [6.07, 6.45) is -0.454. The van der Waals surface area contributed by atoms with Gasteiger partial charge in [-0.1, -0.05) is 30.3 Å². The first-order chi connectivity index (χ1) is 16.0. The molecule has 3 N–H and O–H groups in total. The van der Waals surface area contributed by atoms with E-state index in [2.05, 4.69) is 10.6 Å². The van der Waals surface area contributed by atoms with Gasteiger partial charge in [0, 0.05) is 24.3 Å². The van der Waals surface area contributed by atoms with Crippen LogP contribution >= 0.6 is 0 Å². The molecule has 2 aliphatic rings. The van der Waals surface area contributed by atoms with E-state index in [0.717, 1.165) is 11.1 Å². The molecule has 0 radical (unpaired) electrons. The summed E-state index contributed by atoms with van der Waals surface area (Å²) < 4.78 is 17.0. The Morgan fingerprint density at radius 2 is 1.97 bits per heavy atom. The van der Waals surface area contributed by atoms with Crippen LogP contribution < -0.4 is 15.4 Å². The maximum Gasteiger partial charge on any atom is 0.250 e. The third-order valence-corrected chi connectivity index (χ3v) is 6.15. The molecule has 0 spiro atoms. The zero-order chi connectivity index (χ0) is 23.4. The summed E-state index contributed by atoms with van der Waals surface area (Å²) in [7, 11) is 1.47. The van der Waals surface area contributed by atoms with Crippen LogP contribution in [0.1, 0.15) is 42.9 Å². The van der Waals surface area contributed by atoms with Crippen molar-refractivity contribution < 1.29 is 28.9 Å². The second kappa shape index (κ2) is 10.3. The Bertz CT molecular complexity index is 982. The molecule has 2 aromatic carbocycles. The first-order valence-electron chi connectivity index (χ1n) is 11.2. The van der Waals surface area contributed by atoms with Crippen LogP contribution in [0.4, 0.5) is 5.69 Å². The van der Waals surface area contributed by atoms with Crippen molar-refractivity contribution in [3.63, 3.8) is 0 Å². The first-order valence-corrected chi connectivity index (χ1v) is 11.2. The number of ether oxygens (including phenoxy) is 3. The molecule has 2 aromatic rings. The highest BCUT2D eigenvalue weighted by molar-refractivity contribution is 5.92. The molecule has 5 atom stereocenters. The molecule has 2 aliphatic heterocycles. The van der Waals surface area contributed by atoms with E-state index in [1.54, 1.807) is 6.07 Å². The molecule has 8 nitrogen and oxygen atoms in total. The van der Waals surface area contributed by atoms with Crippen molar-refractivity contribution in [3.8, 4) is 5.75 Å². The molecule has 33 heavy (non-hydrogen) atoms. The van der Waals surface area contributed by atoms with Crippen molar-refractivity contribution in [1.29, 1.82) is 0 Å². The number of benzene rings is 2. The number of fused-ring (bicyclic) bond motifs is 3. The Labute approximate surface area is 193 Å². The van der Waals surface area contributed by atoms with Crippen LogP contribution in [0.2, 0.25) is 0 Å². The maximum absolute atomic E-state index is 12.7. The van der Waals surface area contributed by atoms with E-state index >= 15 is 0 Å². The fourth-order valence-electron chi connectivity index (χ4n) is 4.63. The first kappa shape index (κ1) is 23.2. The summed E-state index contributed by atoms with van der Waals surface area (Å²) in [6, 6.07) is 15.1. The van der Waals surface area contributed by atoms with Crippen LogP contribution in [0, 0.1) is 0 Å². The molecule has 4 rings (SSSR count). The van der Waals surface area contributed by atoms with Gasteiger partial charge in [-0.25, -0.2) is 0 Å². The number of carbonyl (C=O) groups is 2. The Balaban J connectivity index is 1.44. The lowest BCUT2D eigenvalue weighted by Gasteiger charge is -2.37. The number of nitrogens with one attached hydrogen (secondary N) is 2. The van der Waals surface area contributed by atoms with E-state index in [1.807, 2.05) is 49.4 Å². The number of hydrogen-bond donors (Lipinski definition) is 3. The van der Waals surface area contributed by atoms with Crippen molar-refractivity contribution in [2.75, 3.05) is 25.6 Å². The minimum atomic E-state index is -0.535. The Hall–Kier alpha value is -2.94. The van der Waals surface area contributed by atoms with Crippen molar-refractivity contribution in [1.82, 2.24) is 5.32 Å². The van der Waals surface area contributed by atoms with Crippen LogP contribution in [-0.4, -0.2) is 55.6 Å². The van der Waals surface area contributed by atoms with Gasteiger partial charge in [-0.05, 0) is 37.1 Å². The number of rotatable bonds is 8. The number of anilines is 1. The maximum atomic E-state index is 12.7. The van der Waals surface area contributed by atoms with Crippen molar-refractivity contribution in [2.24, 2.45) is 0 Å². The smallest absolute Gasteiger partial charge is 0.250 e. The monoisotopic (exact) mass is 454 g/mol. The van der Waals surface area contributed by atoms with E-state index in [1.165, 1.54) is 7.11 Å². The number of aliphatic hydroxyl groups is 1. The summed E-state index contributed by atoms with van der Waals surface area (Å²) in [6.45, 7) is 1.71. The molecule has 0 bridgehead atoms. The highest BCUT2D eigenvalue weighted by Gasteiger charge is 2.46. The quantitative estimate of drug-likeness (QED) is 0.566. The molecule has 8 heteroatoms.